The molecule has 0 radical (unpaired) electrons. The Bertz CT molecular complexity index is 644. The quantitative estimate of drug-likeness (QED) is 0.378. The fourth-order valence-electron chi connectivity index (χ4n) is 10.0. The average molecular weight is 369 g/mol. The van der Waals surface area contributed by atoms with E-state index in [9.17, 15) is 0 Å². The van der Waals surface area contributed by atoms with Crippen LogP contribution in [0.5, 0.6) is 0 Å². The molecule has 0 N–H and O–H groups in total. The van der Waals surface area contributed by atoms with Gasteiger partial charge >= 0.3 is 0 Å². The van der Waals surface area contributed by atoms with E-state index in [-0.39, 0.29) is 0 Å². The number of rotatable bonds is 0. The van der Waals surface area contributed by atoms with E-state index in [1.807, 2.05) is 5.57 Å². The highest BCUT2D eigenvalue weighted by Crippen LogP contribution is 2.74. The number of fused-ring (bicyclic) bond motifs is 7. The Morgan fingerprint density at radius 3 is 2.41 bits per heavy atom. The third kappa shape index (κ3) is 2.23. The second-order valence-electron chi connectivity index (χ2n) is 12.6. The van der Waals surface area contributed by atoms with E-state index in [1.54, 1.807) is 0 Å². The summed E-state index contributed by atoms with van der Waals surface area (Å²) in [5, 5.41) is 0. The Morgan fingerprint density at radius 2 is 1.59 bits per heavy atom. The molecular weight excluding hydrogens is 324 g/mol. The van der Waals surface area contributed by atoms with Crippen LogP contribution in [0.15, 0.2) is 11.6 Å². The number of hydrogen-bond acceptors (Lipinski definition) is 0. The third-order valence-corrected chi connectivity index (χ3v) is 11.9. The molecule has 0 aromatic heterocycles. The molecule has 0 aromatic rings. The lowest BCUT2D eigenvalue weighted by molar-refractivity contribution is -0.185. The zero-order valence-electron chi connectivity index (χ0n) is 18.9. The van der Waals surface area contributed by atoms with Gasteiger partial charge in [0.2, 0.25) is 0 Å². The van der Waals surface area contributed by atoms with Crippen molar-refractivity contribution in [3.05, 3.63) is 11.6 Å². The van der Waals surface area contributed by atoms with Crippen molar-refractivity contribution in [1.29, 1.82) is 0 Å². The normalized spacial score (nSPS) is 57.6. The Morgan fingerprint density at radius 1 is 0.778 bits per heavy atom. The van der Waals surface area contributed by atoms with Gasteiger partial charge in [-0.2, -0.15) is 0 Å². The minimum atomic E-state index is 0.517. The van der Waals surface area contributed by atoms with Gasteiger partial charge in [0.1, 0.15) is 0 Å². The van der Waals surface area contributed by atoms with E-state index in [2.05, 4.69) is 40.7 Å². The van der Waals surface area contributed by atoms with Crippen LogP contribution in [-0.4, -0.2) is 0 Å². The summed E-state index contributed by atoms with van der Waals surface area (Å²) in [4.78, 5) is 0. The zero-order valence-corrected chi connectivity index (χ0v) is 18.9. The Hall–Kier alpha value is -0.260. The second-order valence-corrected chi connectivity index (χ2v) is 12.6. The summed E-state index contributed by atoms with van der Waals surface area (Å²) < 4.78 is 0. The van der Waals surface area contributed by atoms with Gasteiger partial charge in [-0.1, -0.05) is 72.0 Å². The first-order valence-corrected chi connectivity index (χ1v) is 12.5. The molecule has 5 rings (SSSR count). The molecule has 0 heteroatoms. The molecule has 5 aliphatic carbocycles. The number of hydrogen-bond donors (Lipinski definition) is 0. The first-order chi connectivity index (χ1) is 12.8. The molecule has 5 aliphatic rings. The van der Waals surface area contributed by atoms with Crippen LogP contribution in [0.4, 0.5) is 0 Å². The molecule has 0 bridgehead atoms. The van der Waals surface area contributed by atoms with Gasteiger partial charge in [0.05, 0.1) is 0 Å². The van der Waals surface area contributed by atoms with Crippen molar-refractivity contribution in [3.63, 3.8) is 0 Å². The molecule has 0 amide bonds. The molecule has 4 saturated carbocycles. The predicted molar refractivity (Wildman–Crippen MR) is 116 cm³/mol. The van der Waals surface area contributed by atoms with Gasteiger partial charge in [-0.3, -0.25) is 0 Å². The van der Waals surface area contributed by atoms with E-state index < -0.39 is 0 Å². The van der Waals surface area contributed by atoms with Crippen molar-refractivity contribution >= 4 is 0 Å². The van der Waals surface area contributed by atoms with Gasteiger partial charge in [-0.25, -0.2) is 0 Å². The molecule has 8 unspecified atom stereocenters. The summed E-state index contributed by atoms with van der Waals surface area (Å²) in [5.41, 5.74) is 4.20. The molecule has 0 aliphatic heterocycles. The van der Waals surface area contributed by atoms with Crippen LogP contribution < -0.4 is 0 Å². The first kappa shape index (κ1) is 18.7. The van der Waals surface area contributed by atoms with E-state index >= 15 is 0 Å². The van der Waals surface area contributed by atoms with Crippen LogP contribution in [-0.2, 0) is 0 Å². The number of allylic oxidation sites excluding steroid dienone is 2. The minimum Gasteiger partial charge on any atom is -0.0841 e. The van der Waals surface area contributed by atoms with Crippen LogP contribution in [0.2, 0.25) is 0 Å². The molecule has 8 atom stereocenters. The predicted octanol–water partition coefficient (Wildman–Crippen LogP) is 8.17. The summed E-state index contributed by atoms with van der Waals surface area (Å²) in [6, 6.07) is 0. The van der Waals surface area contributed by atoms with Gasteiger partial charge in [-0.15, -0.1) is 0 Å². The van der Waals surface area contributed by atoms with Gasteiger partial charge in [0, 0.05) is 0 Å². The summed E-state index contributed by atoms with van der Waals surface area (Å²) >= 11 is 0. The summed E-state index contributed by atoms with van der Waals surface area (Å²) in [6.45, 7) is 13.5. The highest BCUT2D eigenvalue weighted by atomic mass is 14.7. The lowest BCUT2D eigenvalue weighted by atomic mass is 9.34. The lowest BCUT2D eigenvalue weighted by Gasteiger charge is -2.70. The highest BCUT2D eigenvalue weighted by molar-refractivity contribution is 5.30. The van der Waals surface area contributed by atoms with Gasteiger partial charge in [0.15, 0.2) is 0 Å². The van der Waals surface area contributed by atoms with Crippen molar-refractivity contribution in [2.24, 2.45) is 45.3 Å². The summed E-state index contributed by atoms with van der Waals surface area (Å²) in [7, 11) is 0. The maximum Gasteiger partial charge on any atom is -0.0121 e. The van der Waals surface area contributed by atoms with E-state index in [4.69, 9.17) is 0 Å². The maximum absolute atomic E-state index is 2.85. The molecule has 0 aromatic carbocycles. The minimum absolute atomic E-state index is 0.517. The van der Waals surface area contributed by atoms with Crippen LogP contribution in [0.3, 0.4) is 0 Å². The lowest BCUT2D eigenvalue weighted by Crippen LogP contribution is -2.62. The van der Waals surface area contributed by atoms with E-state index in [1.165, 1.54) is 77.0 Å². The molecule has 4 fully saturated rings. The van der Waals surface area contributed by atoms with Crippen molar-refractivity contribution in [2.75, 3.05) is 0 Å². The summed E-state index contributed by atoms with van der Waals surface area (Å²) in [5.74, 6) is 3.69. The van der Waals surface area contributed by atoms with Crippen molar-refractivity contribution in [1.82, 2.24) is 0 Å². The van der Waals surface area contributed by atoms with Gasteiger partial charge < -0.3 is 0 Å². The SMILES string of the molecule is CC1CCCC2(C)CCC3C(=CCC4(C)C5(C)CCCCC5CCC34C)C12. The van der Waals surface area contributed by atoms with Crippen LogP contribution in [0.25, 0.3) is 0 Å². The van der Waals surface area contributed by atoms with Crippen LogP contribution >= 0.6 is 0 Å². The Kier molecular flexibility index (Phi) is 4.09. The van der Waals surface area contributed by atoms with Crippen molar-refractivity contribution in [3.8, 4) is 0 Å². The van der Waals surface area contributed by atoms with Crippen molar-refractivity contribution < 1.29 is 0 Å². The van der Waals surface area contributed by atoms with Crippen molar-refractivity contribution in [2.45, 2.75) is 112 Å². The first-order valence-electron chi connectivity index (χ1n) is 12.5. The third-order valence-electron chi connectivity index (χ3n) is 11.9. The Balaban J connectivity index is 1.59. The Labute approximate surface area is 169 Å². The van der Waals surface area contributed by atoms with Gasteiger partial charge in [0.25, 0.3) is 0 Å². The highest BCUT2D eigenvalue weighted by Gasteiger charge is 2.66. The fourth-order valence-corrected chi connectivity index (χ4v) is 10.0. The molecular formula is C27H44. The molecule has 0 heterocycles. The average Bonchev–Trinajstić information content (AvgIpc) is 2.63. The fraction of sp³-hybridized carbons (Fsp3) is 0.926. The molecule has 0 saturated heterocycles. The zero-order chi connectivity index (χ0) is 19.1. The van der Waals surface area contributed by atoms with E-state index in [0.29, 0.717) is 21.7 Å². The van der Waals surface area contributed by atoms with Crippen LogP contribution in [0, 0.1) is 45.3 Å². The smallest absolute Gasteiger partial charge is 0.0121 e. The largest absolute Gasteiger partial charge is 0.0841 e. The monoisotopic (exact) mass is 368 g/mol. The molecule has 0 nitrogen and oxygen atoms in total. The molecule has 27 heavy (non-hydrogen) atoms. The topological polar surface area (TPSA) is 0 Å². The summed E-state index contributed by atoms with van der Waals surface area (Å²) in [6.07, 6.45) is 20.6. The molecule has 152 valence electrons. The van der Waals surface area contributed by atoms with E-state index in [0.717, 1.165) is 23.7 Å². The maximum atomic E-state index is 2.85. The van der Waals surface area contributed by atoms with Gasteiger partial charge in [-0.05, 0) is 96.7 Å². The standard InChI is InChI=1S/C27H44/c1-19-9-8-14-24(2)16-13-22-21(23(19)24)12-18-27(5)25(3)15-7-6-10-20(25)11-17-26(22,27)4/h12,19-20,22-23H,6-11,13-18H2,1-5H3. The van der Waals surface area contributed by atoms with Crippen LogP contribution in [0.1, 0.15) is 112 Å². The molecule has 0 spiro atoms. The second kappa shape index (κ2) is 5.89.